The molecule has 0 spiro atoms. The standard InChI is InChI=1S/C46H72N2O16S/c1-46(42-39-41(65-64-63-51)12-13-43(42)48(17-8-4-7-11-45(49)50)44(46)14-16-47-40-9-5-3-6-10-40)15-18-53-21-22-55-25-26-57-29-30-59-33-34-61-37-38-62-36-35-60-32-31-58-28-27-56-24-23-54-20-19-52-2/h3,5-6,9-10,12-13,16,39H,4,7-8,11,14-15,17-38H2,1-2H3,(H-,49,50,51)/p+1. The summed E-state index contributed by atoms with van der Waals surface area (Å²) in [4.78, 5) is 16.6. The van der Waals surface area contributed by atoms with E-state index in [2.05, 4.69) is 28.7 Å². The molecule has 65 heavy (non-hydrogen) atoms. The molecule has 1 heterocycles. The third kappa shape index (κ3) is 25.7. The number of benzene rings is 2. The van der Waals surface area contributed by atoms with Crippen LogP contribution in [-0.2, 0) is 71.7 Å². The van der Waals surface area contributed by atoms with E-state index in [0.717, 1.165) is 53.3 Å². The first-order valence-electron chi connectivity index (χ1n) is 22.5. The molecule has 368 valence electrons. The number of fused-ring (bicyclic) bond motifs is 1. The highest BCUT2D eigenvalue weighted by Crippen LogP contribution is 2.45. The highest BCUT2D eigenvalue weighted by molar-refractivity contribution is 7.94. The fourth-order valence-corrected chi connectivity index (χ4v) is 7.14. The Labute approximate surface area is 388 Å². The summed E-state index contributed by atoms with van der Waals surface area (Å²) >= 11 is 0.922. The summed E-state index contributed by atoms with van der Waals surface area (Å²) < 4.78 is 67.8. The molecule has 0 radical (unpaired) electrons. The lowest BCUT2D eigenvalue weighted by molar-refractivity contribution is -0.440. The van der Waals surface area contributed by atoms with E-state index < -0.39 is 11.4 Å². The number of aliphatic imine (C=N–C) groups is 1. The first kappa shape index (κ1) is 56.4. The maximum absolute atomic E-state index is 11.1. The second-order valence-electron chi connectivity index (χ2n) is 14.8. The van der Waals surface area contributed by atoms with Crippen molar-refractivity contribution in [2.75, 3.05) is 152 Å². The molecule has 1 aliphatic heterocycles. The number of carbonyl (C=O) groups is 1. The Morgan fingerprint density at radius 3 is 1.58 bits per heavy atom. The maximum atomic E-state index is 11.1. The molecule has 2 N–H and O–H groups in total. The van der Waals surface area contributed by atoms with Gasteiger partial charge in [-0.3, -0.25) is 9.79 Å². The van der Waals surface area contributed by atoms with E-state index in [1.807, 2.05) is 42.6 Å². The summed E-state index contributed by atoms with van der Waals surface area (Å²) in [6.07, 6.45) is 5.66. The van der Waals surface area contributed by atoms with Crippen LogP contribution in [0.25, 0.3) is 0 Å². The van der Waals surface area contributed by atoms with Crippen LogP contribution < -0.4 is 0 Å². The third-order valence-corrected chi connectivity index (χ3v) is 10.6. The Morgan fingerprint density at radius 2 is 1.12 bits per heavy atom. The van der Waals surface area contributed by atoms with Gasteiger partial charge in [0.15, 0.2) is 5.71 Å². The van der Waals surface area contributed by atoms with Gasteiger partial charge < -0.3 is 57.2 Å². The minimum absolute atomic E-state index is 0.156. The summed E-state index contributed by atoms with van der Waals surface area (Å²) in [5.41, 5.74) is 3.80. The lowest BCUT2D eigenvalue weighted by Gasteiger charge is -2.23. The van der Waals surface area contributed by atoms with Gasteiger partial charge in [-0.2, -0.15) is 4.58 Å². The first-order valence-corrected chi connectivity index (χ1v) is 23.2. The Hall–Kier alpha value is -2.96. The molecule has 3 rings (SSSR count). The fraction of sp³-hybridized carbons (Fsp3) is 0.674. The molecular formula is C46H73N2O16S+. The van der Waals surface area contributed by atoms with Crippen molar-refractivity contribution in [3.05, 3.63) is 54.1 Å². The van der Waals surface area contributed by atoms with E-state index in [1.54, 1.807) is 7.11 Å². The van der Waals surface area contributed by atoms with Crippen LogP contribution in [0.1, 0.15) is 51.0 Å². The lowest BCUT2D eigenvalue weighted by Crippen LogP contribution is -2.34. The number of carboxylic acids is 1. The van der Waals surface area contributed by atoms with E-state index in [9.17, 15) is 4.79 Å². The van der Waals surface area contributed by atoms with Crippen molar-refractivity contribution in [3.8, 4) is 0 Å². The van der Waals surface area contributed by atoms with Crippen LogP contribution >= 0.6 is 12.0 Å². The Kier molecular flexibility index (Phi) is 33.0. The minimum Gasteiger partial charge on any atom is -0.481 e. The van der Waals surface area contributed by atoms with Crippen molar-refractivity contribution in [3.63, 3.8) is 0 Å². The van der Waals surface area contributed by atoms with Gasteiger partial charge in [-0.25, -0.2) is 5.26 Å². The highest BCUT2D eigenvalue weighted by atomic mass is 32.2. The first-order chi connectivity index (χ1) is 32.0. The number of ether oxygens (including phenoxy) is 11. The quantitative estimate of drug-likeness (QED) is 0.0193. The lowest BCUT2D eigenvalue weighted by atomic mass is 9.76. The molecule has 1 unspecified atom stereocenters. The molecule has 0 aliphatic carbocycles. The van der Waals surface area contributed by atoms with Gasteiger partial charge in [0.1, 0.15) is 6.54 Å². The van der Waals surface area contributed by atoms with Crippen LogP contribution in [0.3, 0.4) is 0 Å². The highest BCUT2D eigenvalue weighted by Gasteiger charge is 2.48. The van der Waals surface area contributed by atoms with Gasteiger partial charge in [0.2, 0.25) is 5.69 Å². The molecule has 0 bridgehead atoms. The SMILES string of the molecule is COCCOCCOCCOCCOCCOCCOCCOCCOCCOCCOCCC1(C)C(CC=Nc2ccccc2)=[N+](CCCCCC(=O)O)c2ccc(SOOO)cc21. The number of rotatable bonds is 45. The predicted molar refractivity (Wildman–Crippen MR) is 244 cm³/mol. The van der Waals surface area contributed by atoms with Crippen molar-refractivity contribution in [2.24, 2.45) is 4.99 Å². The molecule has 2 aromatic rings. The molecule has 1 atom stereocenters. The minimum atomic E-state index is -0.780. The molecule has 2 aromatic carbocycles. The number of methoxy groups -OCH3 is 1. The van der Waals surface area contributed by atoms with Gasteiger partial charge in [0.05, 0.1) is 162 Å². The molecule has 18 nitrogen and oxygen atoms in total. The smallest absolute Gasteiger partial charge is 0.303 e. The molecular weight excluding hydrogens is 869 g/mol. The van der Waals surface area contributed by atoms with Crippen molar-refractivity contribution in [1.82, 2.24) is 0 Å². The predicted octanol–water partition coefficient (Wildman–Crippen LogP) is 6.11. The average Bonchev–Trinajstić information content (AvgIpc) is 3.54. The van der Waals surface area contributed by atoms with Crippen LogP contribution in [0.15, 0.2) is 58.4 Å². The number of aliphatic carboxylic acids is 1. The number of hydrogen-bond donors (Lipinski definition) is 2. The number of hydrogen-bond acceptors (Lipinski definition) is 17. The molecule has 0 saturated carbocycles. The van der Waals surface area contributed by atoms with E-state index in [0.29, 0.717) is 158 Å². The van der Waals surface area contributed by atoms with Gasteiger partial charge in [0, 0.05) is 49.3 Å². The molecule has 19 heteroatoms. The molecule has 0 fully saturated rings. The molecule has 0 aromatic heterocycles. The van der Waals surface area contributed by atoms with Crippen LogP contribution in [-0.4, -0.2) is 185 Å². The topological polar surface area (TPSA) is 193 Å². The third-order valence-electron chi connectivity index (χ3n) is 10.1. The molecule has 0 saturated heterocycles. The summed E-state index contributed by atoms with van der Waals surface area (Å²) in [6.45, 7) is 13.3. The Bertz CT molecular complexity index is 1560. The van der Waals surface area contributed by atoms with Crippen LogP contribution in [0, 0.1) is 0 Å². The summed E-state index contributed by atoms with van der Waals surface area (Å²) in [5.74, 6) is -0.780. The second kappa shape index (κ2) is 38.1. The number of unbranched alkanes of at least 4 members (excludes halogenated alkanes) is 2. The maximum Gasteiger partial charge on any atom is 0.303 e. The van der Waals surface area contributed by atoms with E-state index in [4.69, 9.17) is 71.8 Å². The van der Waals surface area contributed by atoms with E-state index in [-0.39, 0.29) is 6.42 Å². The van der Waals surface area contributed by atoms with Gasteiger partial charge in [-0.15, -0.1) is 4.33 Å². The molecule has 0 amide bonds. The molecule has 1 aliphatic rings. The Morgan fingerprint density at radius 1 is 0.646 bits per heavy atom. The fourth-order valence-electron chi connectivity index (χ4n) is 6.74. The van der Waals surface area contributed by atoms with Crippen LogP contribution in [0.4, 0.5) is 11.4 Å². The number of carboxylic acid groups (broad SMARTS) is 1. The Balaban J connectivity index is 1.23. The zero-order valence-corrected chi connectivity index (χ0v) is 39.2. The van der Waals surface area contributed by atoms with Crippen molar-refractivity contribution < 1.29 is 81.2 Å². The average molecular weight is 942 g/mol. The number of para-hydroxylation sites is 1. The van der Waals surface area contributed by atoms with E-state index >= 15 is 0 Å². The normalized spacial score (nSPS) is 14.9. The van der Waals surface area contributed by atoms with Gasteiger partial charge in [-0.1, -0.05) is 23.2 Å². The van der Waals surface area contributed by atoms with Crippen molar-refractivity contribution in [2.45, 2.75) is 55.8 Å². The zero-order valence-electron chi connectivity index (χ0n) is 38.4. The number of nitrogens with zero attached hydrogens (tertiary/aromatic N) is 2. The zero-order chi connectivity index (χ0) is 46.3. The van der Waals surface area contributed by atoms with Gasteiger partial charge in [0.25, 0.3) is 0 Å². The van der Waals surface area contributed by atoms with Crippen molar-refractivity contribution in [1.29, 1.82) is 0 Å². The summed E-state index contributed by atoms with van der Waals surface area (Å²) in [7, 11) is 1.64. The van der Waals surface area contributed by atoms with Crippen molar-refractivity contribution >= 4 is 41.3 Å². The van der Waals surface area contributed by atoms with Gasteiger partial charge >= 0.3 is 5.97 Å². The van der Waals surface area contributed by atoms with Gasteiger partial charge in [-0.05, 0) is 50.5 Å². The van der Waals surface area contributed by atoms with E-state index in [1.165, 1.54) is 5.71 Å². The van der Waals surface area contributed by atoms with Crippen LogP contribution in [0.5, 0.6) is 0 Å². The monoisotopic (exact) mass is 941 g/mol. The summed E-state index contributed by atoms with van der Waals surface area (Å²) in [5, 5.41) is 21.8. The summed E-state index contributed by atoms with van der Waals surface area (Å²) in [6, 6.07) is 15.8. The van der Waals surface area contributed by atoms with Crippen LogP contribution in [0.2, 0.25) is 0 Å². The largest absolute Gasteiger partial charge is 0.481 e. The second-order valence-corrected chi connectivity index (χ2v) is 15.5.